The van der Waals surface area contributed by atoms with Gasteiger partial charge in [-0.2, -0.15) is 0 Å². The Morgan fingerprint density at radius 3 is 2.30 bits per heavy atom. The van der Waals surface area contributed by atoms with Crippen LogP contribution in [0.3, 0.4) is 0 Å². The highest BCUT2D eigenvalue weighted by Crippen LogP contribution is 2.47. The molecule has 0 radical (unpaired) electrons. The standard InChI is InChI=1S/C24H37NO2/c1-8-23(6,7)18-9-11-24(12-10-18)25-22(26)20-14-17(15(2)3)13-19(16(4)5)21(20)27-24/h13-16,18H,8-12H2,1-7H3,(H,25,26). The molecule has 1 aliphatic heterocycles. The summed E-state index contributed by atoms with van der Waals surface area (Å²) in [5.41, 5.74) is 2.93. The van der Waals surface area contributed by atoms with Crippen LogP contribution in [-0.2, 0) is 0 Å². The first-order chi connectivity index (χ1) is 12.6. The number of fused-ring (bicyclic) bond motifs is 1. The van der Waals surface area contributed by atoms with Crippen LogP contribution in [-0.4, -0.2) is 11.6 Å². The van der Waals surface area contributed by atoms with Crippen LogP contribution in [0.15, 0.2) is 12.1 Å². The maximum Gasteiger partial charge on any atom is 0.258 e. The minimum atomic E-state index is -0.520. The summed E-state index contributed by atoms with van der Waals surface area (Å²) in [4.78, 5) is 13.1. The molecule has 1 fully saturated rings. The lowest BCUT2D eigenvalue weighted by Gasteiger charge is -2.47. The van der Waals surface area contributed by atoms with Crippen molar-refractivity contribution >= 4 is 5.91 Å². The van der Waals surface area contributed by atoms with Gasteiger partial charge in [-0.15, -0.1) is 0 Å². The van der Waals surface area contributed by atoms with Gasteiger partial charge >= 0.3 is 0 Å². The van der Waals surface area contributed by atoms with Crippen molar-refractivity contribution in [1.82, 2.24) is 5.32 Å². The second kappa shape index (κ2) is 7.14. The molecule has 1 aliphatic carbocycles. The minimum Gasteiger partial charge on any atom is -0.467 e. The zero-order chi connectivity index (χ0) is 20.0. The highest BCUT2D eigenvalue weighted by atomic mass is 16.5. The summed E-state index contributed by atoms with van der Waals surface area (Å²) >= 11 is 0. The normalized spacial score (nSPS) is 25.5. The van der Waals surface area contributed by atoms with Crippen molar-refractivity contribution in [3.8, 4) is 5.75 Å². The van der Waals surface area contributed by atoms with Gasteiger partial charge in [0.05, 0.1) is 5.56 Å². The van der Waals surface area contributed by atoms with E-state index in [0.717, 1.165) is 31.4 Å². The molecule has 2 aliphatic rings. The van der Waals surface area contributed by atoms with Gasteiger partial charge in [0.15, 0.2) is 5.72 Å². The Morgan fingerprint density at radius 2 is 1.78 bits per heavy atom. The zero-order valence-corrected chi connectivity index (χ0v) is 18.2. The number of hydrogen-bond donors (Lipinski definition) is 1. The predicted octanol–water partition coefficient (Wildman–Crippen LogP) is 6.38. The summed E-state index contributed by atoms with van der Waals surface area (Å²) in [5.74, 6) is 2.28. The van der Waals surface area contributed by atoms with E-state index in [9.17, 15) is 4.79 Å². The number of nitrogens with one attached hydrogen (secondary N) is 1. The molecule has 1 N–H and O–H groups in total. The monoisotopic (exact) mass is 371 g/mol. The van der Waals surface area contributed by atoms with Gasteiger partial charge in [0, 0.05) is 12.8 Å². The molecule has 0 bridgehead atoms. The number of ether oxygens (including phenoxy) is 1. The average Bonchev–Trinajstić information content (AvgIpc) is 2.61. The van der Waals surface area contributed by atoms with Crippen molar-refractivity contribution in [2.45, 2.75) is 98.1 Å². The van der Waals surface area contributed by atoms with Gasteiger partial charge in [-0.05, 0) is 53.2 Å². The number of benzene rings is 1. The quantitative estimate of drug-likeness (QED) is 0.667. The SMILES string of the molecule is CCC(C)(C)C1CCC2(CC1)NC(=O)c1cc(C(C)C)cc(C(C)C)c1O2. The largest absolute Gasteiger partial charge is 0.467 e. The molecule has 0 unspecified atom stereocenters. The number of rotatable bonds is 4. The van der Waals surface area contributed by atoms with Crippen LogP contribution in [0.2, 0.25) is 0 Å². The maximum absolute atomic E-state index is 13.1. The molecule has 3 nitrogen and oxygen atoms in total. The average molecular weight is 372 g/mol. The van der Waals surface area contributed by atoms with Crippen LogP contribution in [0.4, 0.5) is 0 Å². The molecule has 150 valence electrons. The van der Waals surface area contributed by atoms with E-state index in [-0.39, 0.29) is 5.91 Å². The Labute approximate surface area is 165 Å². The van der Waals surface area contributed by atoms with E-state index >= 15 is 0 Å². The van der Waals surface area contributed by atoms with E-state index in [4.69, 9.17) is 4.74 Å². The van der Waals surface area contributed by atoms with Gasteiger partial charge in [0.25, 0.3) is 5.91 Å². The van der Waals surface area contributed by atoms with Gasteiger partial charge in [0.2, 0.25) is 0 Å². The van der Waals surface area contributed by atoms with Crippen LogP contribution < -0.4 is 10.1 Å². The molecule has 1 aromatic rings. The zero-order valence-electron chi connectivity index (χ0n) is 18.2. The number of carbonyl (C=O) groups is 1. The fourth-order valence-corrected chi connectivity index (χ4v) is 4.60. The lowest BCUT2D eigenvalue weighted by atomic mass is 9.68. The number of carbonyl (C=O) groups excluding carboxylic acids is 1. The summed E-state index contributed by atoms with van der Waals surface area (Å²) < 4.78 is 6.62. The van der Waals surface area contributed by atoms with Crippen molar-refractivity contribution in [2.24, 2.45) is 11.3 Å². The highest BCUT2D eigenvalue weighted by molar-refractivity contribution is 5.99. The molecule has 3 rings (SSSR count). The van der Waals surface area contributed by atoms with Crippen molar-refractivity contribution in [3.63, 3.8) is 0 Å². The molecule has 3 heteroatoms. The Bertz CT molecular complexity index is 709. The Hall–Kier alpha value is -1.51. The molecule has 1 amide bonds. The van der Waals surface area contributed by atoms with E-state index in [0.29, 0.717) is 28.7 Å². The van der Waals surface area contributed by atoms with E-state index in [2.05, 4.69) is 59.8 Å². The molecule has 27 heavy (non-hydrogen) atoms. The van der Waals surface area contributed by atoms with Crippen LogP contribution in [0, 0.1) is 11.3 Å². The molecule has 1 spiro atoms. The Morgan fingerprint density at radius 1 is 1.15 bits per heavy atom. The van der Waals surface area contributed by atoms with Crippen molar-refractivity contribution < 1.29 is 9.53 Å². The van der Waals surface area contributed by atoms with Crippen molar-refractivity contribution in [1.29, 1.82) is 0 Å². The van der Waals surface area contributed by atoms with Crippen LogP contribution >= 0.6 is 0 Å². The third-order valence-corrected chi connectivity index (χ3v) is 7.12. The van der Waals surface area contributed by atoms with Gasteiger partial charge in [-0.1, -0.05) is 61.0 Å². The molecule has 1 aromatic carbocycles. The number of amides is 1. The first-order valence-corrected chi connectivity index (χ1v) is 10.8. The molecule has 1 saturated carbocycles. The molecular formula is C24H37NO2. The van der Waals surface area contributed by atoms with E-state index < -0.39 is 5.72 Å². The van der Waals surface area contributed by atoms with Gasteiger partial charge in [0.1, 0.15) is 5.75 Å². The smallest absolute Gasteiger partial charge is 0.258 e. The van der Waals surface area contributed by atoms with Crippen LogP contribution in [0.25, 0.3) is 0 Å². The van der Waals surface area contributed by atoms with Gasteiger partial charge in [-0.25, -0.2) is 0 Å². The summed E-state index contributed by atoms with van der Waals surface area (Å²) in [6.07, 6.45) is 5.21. The fourth-order valence-electron chi connectivity index (χ4n) is 4.60. The van der Waals surface area contributed by atoms with E-state index in [1.165, 1.54) is 17.5 Å². The van der Waals surface area contributed by atoms with Gasteiger partial charge < -0.3 is 10.1 Å². The summed E-state index contributed by atoms with van der Waals surface area (Å²) in [7, 11) is 0. The second-order valence-corrected chi connectivity index (χ2v) is 9.96. The molecule has 0 aromatic heterocycles. The van der Waals surface area contributed by atoms with Crippen LogP contribution in [0.1, 0.15) is 114 Å². The highest BCUT2D eigenvalue weighted by Gasteiger charge is 2.46. The second-order valence-electron chi connectivity index (χ2n) is 9.96. The predicted molar refractivity (Wildman–Crippen MR) is 111 cm³/mol. The van der Waals surface area contributed by atoms with Crippen molar-refractivity contribution in [3.05, 3.63) is 28.8 Å². The summed E-state index contributed by atoms with van der Waals surface area (Å²) in [6, 6.07) is 4.27. The Balaban J connectivity index is 1.92. The molecule has 0 saturated heterocycles. The molecule has 1 heterocycles. The lowest BCUT2D eigenvalue weighted by Crippen LogP contribution is -2.58. The van der Waals surface area contributed by atoms with Gasteiger partial charge in [-0.3, -0.25) is 4.79 Å². The Kier molecular flexibility index (Phi) is 5.35. The summed E-state index contributed by atoms with van der Waals surface area (Å²) in [6.45, 7) is 15.7. The minimum absolute atomic E-state index is 0.0360. The summed E-state index contributed by atoms with van der Waals surface area (Å²) in [5, 5.41) is 3.25. The number of hydrogen-bond acceptors (Lipinski definition) is 2. The lowest BCUT2D eigenvalue weighted by molar-refractivity contribution is -0.0354. The topological polar surface area (TPSA) is 38.3 Å². The van der Waals surface area contributed by atoms with E-state index in [1.807, 2.05) is 6.07 Å². The fraction of sp³-hybridized carbons (Fsp3) is 0.708. The first-order valence-electron chi connectivity index (χ1n) is 10.8. The molecular weight excluding hydrogens is 334 g/mol. The maximum atomic E-state index is 13.1. The van der Waals surface area contributed by atoms with Crippen LogP contribution in [0.5, 0.6) is 5.75 Å². The van der Waals surface area contributed by atoms with E-state index in [1.54, 1.807) is 0 Å². The third kappa shape index (κ3) is 3.75. The first kappa shape index (κ1) is 20.2. The third-order valence-electron chi connectivity index (χ3n) is 7.12. The molecule has 0 atom stereocenters. The van der Waals surface area contributed by atoms with Crippen molar-refractivity contribution in [2.75, 3.05) is 0 Å².